The lowest BCUT2D eigenvalue weighted by molar-refractivity contribution is -0.134. The summed E-state index contributed by atoms with van der Waals surface area (Å²) in [5.41, 5.74) is 0.863. The fraction of sp³-hybridized carbons (Fsp3) is 0.435. The number of anilines is 2. The third kappa shape index (κ3) is 5.00. The first-order valence-corrected chi connectivity index (χ1v) is 12.6. The van der Waals surface area contributed by atoms with Gasteiger partial charge < -0.3 is 19.5 Å². The number of sulfonamides is 1. The molecule has 0 radical (unpaired) electrons. The molecular weight excluding hydrogens is 460 g/mol. The lowest BCUT2D eigenvalue weighted by Crippen LogP contribution is -2.49. The molecule has 3 heterocycles. The van der Waals surface area contributed by atoms with Gasteiger partial charge in [-0.05, 0) is 48.7 Å². The largest absolute Gasteiger partial charge is 0.384 e. The number of fused-ring (bicyclic) bond motifs is 4. The van der Waals surface area contributed by atoms with E-state index in [4.69, 9.17) is 4.74 Å². The summed E-state index contributed by atoms with van der Waals surface area (Å²) in [5, 5.41) is 2.58. The Bertz CT molecular complexity index is 1260. The van der Waals surface area contributed by atoms with E-state index in [1.165, 1.54) is 37.3 Å². The molecule has 2 N–H and O–H groups in total. The zero-order valence-electron chi connectivity index (χ0n) is 19.1. The Morgan fingerprint density at radius 3 is 2.50 bits per heavy atom. The second-order valence-corrected chi connectivity index (χ2v) is 10.4. The van der Waals surface area contributed by atoms with Gasteiger partial charge in [0.2, 0.25) is 11.8 Å². The van der Waals surface area contributed by atoms with E-state index in [0.29, 0.717) is 38.3 Å². The summed E-state index contributed by atoms with van der Waals surface area (Å²) in [7, 11) is -2.43. The Hall–Kier alpha value is -3.18. The summed E-state index contributed by atoms with van der Waals surface area (Å²) in [4.78, 5) is 38.6. The van der Waals surface area contributed by atoms with Crippen LogP contribution in [0.2, 0.25) is 0 Å². The Morgan fingerprint density at radius 2 is 1.82 bits per heavy atom. The van der Waals surface area contributed by atoms with Crippen molar-refractivity contribution in [1.29, 1.82) is 0 Å². The van der Waals surface area contributed by atoms with Crippen LogP contribution in [0.3, 0.4) is 0 Å². The molecular formula is C23H28N4O6S. The summed E-state index contributed by atoms with van der Waals surface area (Å²) in [6.07, 6.45) is 1.22. The third-order valence-electron chi connectivity index (χ3n) is 6.21. The Morgan fingerprint density at radius 1 is 1.09 bits per heavy atom. The molecule has 2 aliphatic heterocycles. The number of methoxy groups -OCH3 is 1. The van der Waals surface area contributed by atoms with Gasteiger partial charge in [-0.2, -0.15) is 0 Å². The highest BCUT2D eigenvalue weighted by molar-refractivity contribution is 7.92. The molecule has 11 heteroatoms. The molecule has 2 bridgehead atoms. The van der Waals surface area contributed by atoms with Crippen molar-refractivity contribution in [2.45, 2.75) is 37.1 Å². The molecule has 182 valence electrons. The maximum absolute atomic E-state index is 13.2. The minimum Gasteiger partial charge on any atom is -0.384 e. The van der Waals surface area contributed by atoms with Crippen LogP contribution in [0, 0.1) is 5.92 Å². The van der Waals surface area contributed by atoms with Gasteiger partial charge in [0.15, 0.2) is 0 Å². The van der Waals surface area contributed by atoms with E-state index in [2.05, 4.69) is 10.0 Å². The van der Waals surface area contributed by atoms with Gasteiger partial charge in [0, 0.05) is 51.0 Å². The van der Waals surface area contributed by atoms with Crippen molar-refractivity contribution in [2.24, 2.45) is 5.92 Å². The molecule has 2 atom stereocenters. The fourth-order valence-electron chi connectivity index (χ4n) is 4.70. The number of nitrogens with one attached hydrogen (secondary N) is 2. The number of nitrogens with zero attached hydrogens (tertiary/aromatic N) is 2. The maximum Gasteiger partial charge on any atom is 0.275 e. The summed E-state index contributed by atoms with van der Waals surface area (Å²) in [6, 6.07) is 8.95. The van der Waals surface area contributed by atoms with Crippen LogP contribution < -0.4 is 15.6 Å². The highest BCUT2D eigenvalue weighted by Gasteiger charge is 2.36. The average Bonchev–Trinajstić information content (AvgIpc) is 2.79. The van der Waals surface area contributed by atoms with Crippen molar-refractivity contribution in [3.63, 3.8) is 0 Å². The van der Waals surface area contributed by atoms with Crippen LogP contribution in [0.15, 0.2) is 46.1 Å². The molecule has 1 aromatic carbocycles. The van der Waals surface area contributed by atoms with Gasteiger partial charge in [-0.25, -0.2) is 8.42 Å². The topological polar surface area (TPSA) is 127 Å². The fourth-order valence-corrected chi connectivity index (χ4v) is 5.76. The smallest absolute Gasteiger partial charge is 0.275 e. The van der Waals surface area contributed by atoms with Crippen molar-refractivity contribution in [3.8, 4) is 0 Å². The van der Waals surface area contributed by atoms with E-state index in [9.17, 15) is 22.8 Å². The van der Waals surface area contributed by atoms with Crippen LogP contribution in [-0.4, -0.2) is 56.5 Å². The van der Waals surface area contributed by atoms with Gasteiger partial charge in [-0.1, -0.05) is 0 Å². The number of ether oxygens (including phenoxy) is 1. The van der Waals surface area contributed by atoms with Gasteiger partial charge in [0.05, 0.1) is 17.9 Å². The Balaban J connectivity index is 1.53. The zero-order chi connectivity index (χ0) is 24.5. The van der Waals surface area contributed by atoms with Crippen LogP contribution >= 0.6 is 0 Å². The van der Waals surface area contributed by atoms with E-state index in [-0.39, 0.29) is 34.2 Å². The first-order valence-electron chi connectivity index (χ1n) is 11.1. The molecule has 2 aliphatic rings. The van der Waals surface area contributed by atoms with Crippen LogP contribution in [0.4, 0.5) is 11.4 Å². The zero-order valence-corrected chi connectivity index (χ0v) is 19.9. The lowest BCUT2D eigenvalue weighted by Gasteiger charge is -2.43. The molecule has 2 aromatic rings. The van der Waals surface area contributed by atoms with Crippen LogP contribution in [0.25, 0.3) is 0 Å². The molecule has 34 heavy (non-hydrogen) atoms. The number of hydrogen-bond acceptors (Lipinski definition) is 6. The van der Waals surface area contributed by atoms with E-state index in [1.807, 2.05) is 4.90 Å². The van der Waals surface area contributed by atoms with E-state index >= 15 is 0 Å². The molecule has 0 aliphatic carbocycles. The number of hydrogen-bond donors (Lipinski definition) is 2. The number of pyridine rings is 1. The van der Waals surface area contributed by atoms with Crippen molar-refractivity contribution in [1.82, 2.24) is 9.47 Å². The van der Waals surface area contributed by atoms with Crippen molar-refractivity contribution >= 4 is 33.2 Å². The molecule has 1 saturated heterocycles. The molecule has 2 amide bonds. The van der Waals surface area contributed by atoms with E-state index < -0.39 is 15.6 Å². The quantitative estimate of drug-likeness (QED) is 0.609. The highest BCUT2D eigenvalue weighted by Crippen LogP contribution is 2.35. The maximum atomic E-state index is 13.2. The van der Waals surface area contributed by atoms with Crippen molar-refractivity contribution in [3.05, 3.63) is 52.4 Å². The summed E-state index contributed by atoms with van der Waals surface area (Å²) < 4.78 is 34.8. The standard InChI is InChI=1S/C23H28N4O6S/c1-15(28)24-18-3-5-19(6-4-18)34(31,32)25-20-7-8-21-17-11-16(13-27(21)23(20)30)12-26(14-17)22(29)9-10-33-2/h3-8,16-17,25H,9-14H2,1-2H3,(H,24,28). The Labute approximate surface area is 198 Å². The average molecular weight is 489 g/mol. The van der Waals surface area contributed by atoms with Gasteiger partial charge in [0.1, 0.15) is 5.69 Å². The monoisotopic (exact) mass is 488 g/mol. The van der Waals surface area contributed by atoms with E-state index in [0.717, 1.165) is 12.1 Å². The number of rotatable bonds is 7. The number of carbonyl (C=O) groups is 2. The molecule has 0 saturated carbocycles. The molecule has 10 nitrogen and oxygen atoms in total. The highest BCUT2D eigenvalue weighted by atomic mass is 32.2. The van der Waals surface area contributed by atoms with E-state index in [1.54, 1.807) is 17.7 Å². The predicted octanol–water partition coefficient (Wildman–Crippen LogP) is 1.59. The van der Waals surface area contributed by atoms with Crippen LogP contribution in [-0.2, 0) is 30.9 Å². The summed E-state index contributed by atoms with van der Waals surface area (Å²) >= 11 is 0. The number of benzene rings is 1. The Kier molecular flexibility index (Phi) is 6.76. The first-order chi connectivity index (χ1) is 16.2. The summed E-state index contributed by atoms with van der Waals surface area (Å²) in [5.74, 6) is -0.0633. The molecule has 0 spiro atoms. The summed E-state index contributed by atoms with van der Waals surface area (Å²) in [6.45, 7) is 3.27. The van der Waals surface area contributed by atoms with Gasteiger partial charge >= 0.3 is 0 Å². The normalized spacial score (nSPS) is 19.3. The van der Waals surface area contributed by atoms with Crippen molar-refractivity contribution < 1.29 is 22.7 Å². The van der Waals surface area contributed by atoms with Crippen LogP contribution in [0.5, 0.6) is 0 Å². The molecule has 1 fully saturated rings. The number of carbonyl (C=O) groups excluding carboxylic acids is 2. The second-order valence-electron chi connectivity index (χ2n) is 8.74. The first kappa shape index (κ1) is 24.0. The lowest BCUT2D eigenvalue weighted by atomic mass is 9.83. The molecule has 4 rings (SSSR count). The minimum atomic E-state index is -4.00. The second kappa shape index (κ2) is 9.59. The molecule has 2 unspecified atom stereocenters. The minimum absolute atomic E-state index is 0.0224. The van der Waals surface area contributed by atoms with Crippen molar-refractivity contribution in [2.75, 3.05) is 36.8 Å². The van der Waals surface area contributed by atoms with Gasteiger partial charge in [0.25, 0.3) is 15.6 Å². The van der Waals surface area contributed by atoms with Gasteiger partial charge in [-0.3, -0.25) is 19.1 Å². The number of amides is 2. The number of aromatic nitrogens is 1. The third-order valence-corrected chi connectivity index (χ3v) is 7.59. The number of piperidine rings is 1. The number of likely N-dealkylation sites (tertiary alicyclic amines) is 1. The molecule has 1 aromatic heterocycles. The SMILES string of the molecule is COCCC(=O)N1CC2CC(C1)c1ccc(NS(=O)(=O)c3ccc(NC(C)=O)cc3)c(=O)n1C2. The van der Waals surface area contributed by atoms with Gasteiger partial charge in [-0.15, -0.1) is 0 Å². The van der Waals surface area contributed by atoms with Crippen LogP contribution in [0.1, 0.15) is 31.4 Å². The predicted molar refractivity (Wildman–Crippen MR) is 126 cm³/mol.